The second-order valence-corrected chi connectivity index (χ2v) is 9.56. The molecule has 0 spiro atoms. The van der Waals surface area contributed by atoms with Crippen molar-refractivity contribution in [2.75, 3.05) is 0 Å². The van der Waals surface area contributed by atoms with E-state index >= 15 is 0 Å². The number of rotatable bonds is 5. The van der Waals surface area contributed by atoms with Gasteiger partial charge in [-0.15, -0.1) is 0 Å². The molecule has 2 atom stereocenters. The SMILES string of the molecule is CCC1C=c2ccc(Cl)cc2=c2ccc3c(c21)CCC(Cc1c(C(=O)O)cccc1C(=O)O)C=3. The van der Waals surface area contributed by atoms with Gasteiger partial charge in [-0.2, -0.15) is 0 Å². The van der Waals surface area contributed by atoms with Crippen LogP contribution < -0.4 is 10.4 Å². The summed E-state index contributed by atoms with van der Waals surface area (Å²) >= 11 is 6.32. The summed E-state index contributed by atoms with van der Waals surface area (Å²) in [6.07, 6.45) is 7.64. The van der Waals surface area contributed by atoms with Gasteiger partial charge in [-0.25, -0.2) is 9.59 Å². The van der Waals surface area contributed by atoms with E-state index in [0.717, 1.165) is 29.5 Å². The maximum atomic E-state index is 11.8. The van der Waals surface area contributed by atoms with Crippen LogP contribution >= 0.6 is 11.6 Å². The molecular formula is C29H25ClO4. The summed E-state index contributed by atoms with van der Waals surface area (Å²) in [6, 6.07) is 14.8. The van der Waals surface area contributed by atoms with E-state index in [1.165, 1.54) is 45.0 Å². The molecule has 5 rings (SSSR count). The number of hydrogen-bond acceptors (Lipinski definition) is 2. The summed E-state index contributed by atoms with van der Waals surface area (Å²) in [5, 5.41) is 24.8. The molecule has 0 heterocycles. The zero-order valence-corrected chi connectivity index (χ0v) is 19.6. The van der Waals surface area contributed by atoms with Crippen LogP contribution in [0.4, 0.5) is 0 Å². The van der Waals surface area contributed by atoms with Crippen LogP contribution in [0.2, 0.25) is 5.02 Å². The summed E-state index contributed by atoms with van der Waals surface area (Å²) in [5.41, 5.74) is 3.24. The zero-order chi connectivity index (χ0) is 24.0. The van der Waals surface area contributed by atoms with E-state index in [1.54, 1.807) is 0 Å². The van der Waals surface area contributed by atoms with E-state index < -0.39 is 11.9 Å². The van der Waals surface area contributed by atoms with Crippen molar-refractivity contribution in [3.63, 3.8) is 0 Å². The molecule has 3 aromatic rings. The van der Waals surface area contributed by atoms with Crippen LogP contribution in [0.15, 0.2) is 48.5 Å². The predicted octanol–water partition coefficient (Wildman–Crippen LogP) is 4.90. The highest BCUT2D eigenvalue weighted by Crippen LogP contribution is 2.31. The molecule has 0 saturated heterocycles. The van der Waals surface area contributed by atoms with Gasteiger partial charge in [0.05, 0.1) is 11.1 Å². The second-order valence-electron chi connectivity index (χ2n) is 9.12. The normalized spacial score (nSPS) is 18.1. The molecule has 2 unspecified atom stereocenters. The lowest BCUT2D eigenvalue weighted by molar-refractivity contribution is 0.0695. The first-order chi connectivity index (χ1) is 16.4. The van der Waals surface area contributed by atoms with Crippen LogP contribution in [0.3, 0.4) is 0 Å². The molecule has 3 aromatic carbocycles. The largest absolute Gasteiger partial charge is 0.478 e. The molecule has 0 radical (unpaired) electrons. The van der Waals surface area contributed by atoms with Crippen molar-refractivity contribution in [3.05, 3.63) is 102 Å². The molecule has 34 heavy (non-hydrogen) atoms. The second kappa shape index (κ2) is 8.77. The minimum Gasteiger partial charge on any atom is -0.478 e. The Morgan fingerprint density at radius 1 is 0.941 bits per heavy atom. The third-order valence-corrected chi connectivity index (χ3v) is 7.41. The number of carbonyl (C=O) groups is 2. The van der Waals surface area contributed by atoms with Gasteiger partial charge in [0, 0.05) is 10.9 Å². The number of aromatic carboxylic acids is 2. The van der Waals surface area contributed by atoms with Crippen molar-refractivity contribution >= 4 is 35.7 Å². The third-order valence-electron chi connectivity index (χ3n) is 7.17. The van der Waals surface area contributed by atoms with Crippen LogP contribution in [0, 0.1) is 16.4 Å². The van der Waals surface area contributed by atoms with Gasteiger partial charge < -0.3 is 10.2 Å². The number of fused-ring (bicyclic) bond motifs is 4. The Balaban J connectivity index is 1.64. The van der Waals surface area contributed by atoms with Crippen LogP contribution in [-0.2, 0) is 12.8 Å². The van der Waals surface area contributed by atoms with Gasteiger partial charge >= 0.3 is 11.9 Å². The van der Waals surface area contributed by atoms with Crippen molar-refractivity contribution < 1.29 is 19.8 Å². The highest BCUT2D eigenvalue weighted by atomic mass is 35.5. The number of halogens is 1. The average Bonchev–Trinajstić information content (AvgIpc) is 2.82. The van der Waals surface area contributed by atoms with Gasteiger partial charge in [0.15, 0.2) is 0 Å². The molecule has 5 heteroatoms. The fraction of sp³-hybridized carbons (Fsp3) is 0.241. The molecule has 0 aliphatic heterocycles. The Bertz CT molecular complexity index is 1520. The summed E-state index contributed by atoms with van der Waals surface area (Å²) in [4.78, 5) is 23.5. The van der Waals surface area contributed by atoms with Crippen molar-refractivity contribution in [2.45, 2.75) is 38.5 Å². The standard InChI is InChI=1S/C29H25ClO4/c1-2-17-14-19-7-9-20(30)15-25(19)22-11-8-18-12-16(6-10-21(18)27(17)22)13-26-23(28(31)32)4-3-5-24(26)29(33)34/h3-5,7-9,11-12,14-17H,2,6,10,13H2,1H3,(H,31,32)(H,33,34). The first-order valence-electron chi connectivity index (χ1n) is 11.6. The molecule has 2 aliphatic rings. The monoisotopic (exact) mass is 472 g/mol. The lowest BCUT2D eigenvalue weighted by Gasteiger charge is -2.26. The Morgan fingerprint density at radius 3 is 2.32 bits per heavy atom. The highest BCUT2D eigenvalue weighted by Gasteiger charge is 2.25. The van der Waals surface area contributed by atoms with E-state index in [1.807, 2.05) is 12.1 Å². The lowest BCUT2D eigenvalue weighted by Crippen LogP contribution is -2.26. The Kier molecular flexibility index (Phi) is 5.78. The van der Waals surface area contributed by atoms with E-state index in [0.29, 0.717) is 17.9 Å². The molecular weight excluding hydrogens is 448 g/mol. The molecule has 2 N–H and O–H groups in total. The van der Waals surface area contributed by atoms with Crippen LogP contribution in [0.5, 0.6) is 0 Å². The summed E-state index contributed by atoms with van der Waals surface area (Å²) < 4.78 is 0. The fourth-order valence-corrected chi connectivity index (χ4v) is 5.77. The smallest absolute Gasteiger partial charge is 0.335 e. The molecule has 2 aliphatic carbocycles. The molecule has 0 bridgehead atoms. The summed E-state index contributed by atoms with van der Waals surface area (Å²) in [7, 11) is 0. The van der Waals surface area contributed by atoms with E-state index in [4.69, 9.17) is 11.6 Å². The van der Waals surface area contributed by atoms with Crippen molar-refractivity contribution in [1.29, 1.82) is 0 Å². The summed E-state index contributed by atoms with van der Waals surface area (Å²) in [5.74, 6) is -1.79. The molecule has 0 amide bonds. The molecule has 4 nitrogen and oxygen atoms in total. The quantitative estimate of drug-likeness (QED) is 0.554. The van der Waals surface area contributed by atoms with Crippen LogP contribution in [0.1, 0.15) is 63.1 Å². The van der Waals surface area contributed by atoms with Crippen molar-refractivity contribution in [1.82, 2.24) is 0 Å². The number of benzene rings is 3. The number of carboxylic acid groups (broad SMARTS) is 2. The van der Waals surface area contributed by atoms with Gasteiger partial charge in [0.25, 0.3) is 0 Å². The Labute approximate surface area is 202 Å². The molecule has 0 saturated carbocycles. The molecule has 172 valence electrons. The maximum absolute atomic E-state index is 11.8. The zero-order valence-electron chi connectivity index (χ0n) is 18.8. The average molecular weight is 473 g/mol. The van der Waals surface area contributed by atoms with Gasteiger partial charge in [0.1, 0.15) is 0 Å². The van der Waals surface area contributed by atoms with E-state index in [9.17, 15) is 19.8 Å². The Morgan fingerprint density at radius 2 is 1.65 bits per heavy atom. The Hall–Kier alpha value is -3.37. The third kappa shape index (κ3) is 3.82. The minimum atomic E-state index is -1.10. The van der Waals surface area contributed by atoms with Gasteiger partial charge in [0.2, 0.25) is 0 Å². The van der Waals surface area contributed by atoms with Gasteiger partial charge in [-0.3, -0.25) is 0 Å². The lowest BCUT2D eigenvalue weighted by atomic mass is 9.78. The molecule has 0 fully saturated rings. The van der Waals surface area contributed by atoms with Crippen molar-refractivity contribution in [3.8, 4) is 0 Å². The number of hydrogen-bond donors (Lipinski definition) is 2. The minimum absolute atomic E-state index is 0.0681. The first-order valence-corrected chi connectivity index (χ1v) is 12.0. The number of carboxylic acids is 2. The first kappa shape index (κ1) is 22.4. The summed E-state index contributed by atoms with van der Waals surface area (Å²) in [6.45, 7) is 2.21. The van der Waals surface area contributed by atoms with Gasteiger partial charge in [-0.05, 0) is 93.4 Å². The van der Waals surface area contributed by atoms with E-state index in [-0.39, 0.29) is 17.0 Å². The predicted molar refractivity (Wildman–Crippen MR) is 133 cm³/mol. The van der Waals surface area contributed by atoms with Crippen LogP contribution in [0.25, 0.3) is 12.2 Å². The van der Waals surface area contributed by atoms with Crippen molar-refractivity contribution in [2.24, 2.45) is 5.92 Å². The van der Waals surface area contributed by atoms with Gasteiger partial charge in [-0.1, -0.05) is 54.9 Å². The fourth-order valence-electron chi connectivity index (χ4n) is 5.60. The van der Waals surface area contributed by atoms with Crippen LogP contribution in [-0.4, -0.2) is 22.2 Å². The molecule has 0 aromatic heterocycles. The highest BCUT2D eigenvalue weighted by molar-refractivity contribution is 6.30. The van der Waals surface area contributed by atoms with E-state index in [2.05, 4.69) is 37.3 Å². The maximum Gasteiger partial charge on any atom is 0.335 e. The topological polar surface area (TPSA) is 74.6 Å².